The molecule has 0 heterocycles. The van der Waals surface area contributed by atoms with Gasteiger partial charge < -0.3 is 21.1 Å². The van der Waals surface area contributed by atoms with Crippen LogP contribution in [-0.4, -0.2) is 36.7 Å². The van der Waals surface area contributed by atoms with Gasteiger partial charge in [0, 0.05) is 31.8 Å². The Morgan fingerprint density at radius 2 is 1.75 bits per heavy atom. The second-order valence-corrected chi connectivity index (χ2v) is 7.22. The van der Waals surface area contributed by atoms with E-state index < -0.39 is 0 Å². The maximum atomic E-state index is 11.7. The summed E-state index contributed by atoms with van der Waals surface area (Å²) in [4.78, 5) is 16.3. The molecule has 0 aromatic heterocycles. The van der Waals surface area contributed by atoms with E-state index in [2.05, 4.69) is 34.8 Å². The Balaban J connectivity index is 2.69. The van der Waals surface area contributed by atoms with Gasteiger partial charge in [-0.1, -0.05) is 32.9 Å². The Bertz CT molecular complexity index is 595. The average Bonchev–Trinajstić information content (AvgIpc) is 2.70. The van der Waals surface area contributed by atoms with E-state index in [0.717, 1.165) is 56.0 Å². The molecule has 158 valence electrons. The number of carbonyl (C=O) groups is 1. The number of hydrogen-bond acceptors (Lipinski definition) is 3. The molecule has 0 spiro atoms. The lowest BCUT2D eigenvalue weighted by molar-refractivity contribution is -0.116. The van der Waals surface area contributed by atoms with Crippen molar-refractivity contribution >= 4 is 17.6 Å². The molecule has 0 aliphatic rings. The lowest BCUT2D eigenvalue weighted by atomic mass is 9.79. The lowest BCUT2D eigenvalue weighted by Crippen LogP contribution is -2.43. The van der Waals surface area contributed by atoms with Crippen molar-refractivity contribution in [2.24, 2.45) is 10.4 Å². The minimum atomic E-state index is 0.0464. The summed E-state index contributed by atoms with van der Waals surface area (Å²) in [6, 6.07) is 7.81. The smallest absolute Gasteiger partial charge is 0.224 e. The van der Waals surface area contributed by atoms with Gasteiger partial charge in [0.05, 0.1) is 6.54 Å². The third-order valence-electron chi connectivity index (χ3n) is 5.25. The number of aliphatic imine (C=N–C) groups is 1. The van der Waals surface area contributed by atoms with Crippen LogP contribution in [0.4, 0.5) is 5.69 Å². The number of nitrogens with one attached hydrogen (secondary N) is 3. The molecular weight excluding hydrogens is 352 g/mol. The molecule has 0 saturated heterocycles. The van der Waals surface area contributed by atoms with Crippen molar-refractivity contribution in [1.82, 2.24) is 10.6 Å². The average molecular weight is 391 g/mol. The molecule has 0 unspecified atom stereocenters. The van der Waals surface area contributed by atoms with E-state index in [1.165, 1.54) is 0 Å². The van der Waals surface area contributed by atoms with Crippen molar-refractivity contribution in [1.29, 1.82) is 0 Å². The molecule has 1 amide bonds. The number of amides is 1. The fourth-order valence-corrected chi connectivity index (χ4v) is 3.11. The predicted molar refractivity (Wildman–Crippen MR) is 118 cm³/mol. The highest BCUT2D eigenvalue weighted by atomic mass is 16.3. The Morgan fingerprint density at radius 3 is 2.29 bits per heavy atom. The normalized spacial score (nSPS) is 12.0. The Hall–Kier alpha value is -2.08. The van der Waals surface area contributed by atoms with Gasteiger partial charge >= 0.3 is 0 Å². The van der Waals surface area contributed by atoms with Crippen molar-refractivity contribution in [3.8, 4) is 0 Å². The highest BCUT2D eigenvalue weighted by Gasteiger charge is 2.25. The number of nitrogens with zero attached hydrogens (tertiary/aromatic N) is 1. The van der Waals surface area contributed by atoms with Crippen LogP contribution in [0.2, 0.25) is 0 Å². The largest absolute Gasteiger partial charge is 0.396 e. The number of rotatable bonds is 12. The molecule has 0 saturated carbocycles. The van der Waals surface area contributed by atoms with Gasteiger partial charge in [0.1, 0.15) is 0 Å². The highest BCUT2D eigenvalue weighted by Crippen LogP contribution is 2.29. The number of hydrogen-bond donors (Lipinski definition) is 4. The monoisotopic (exact) mass is 390 g/mol. The maximum absolute atomic E-state index is 11.7. The second kappa shape index (κ2) is 13.2. The van der Waals surface area contributed by atoms with E-state index in [0.29, 0.717) is 13.0 Å². The van der Waals surface area contributed by atoms with Crippen molar-refractivity contribution in [3.05, 3.63) is 29.8 Å². The number of anilines is 1. The van der Waals surface area contributed by atoms with Crippen LogP contribution < -0.4 is 16.0 Å². The molecule has 0 aliphatic heterocycles. The number of benzene rings is 1. The van der Waals surface area contributed by atoms with Crippen LogP contribution in [0.3, 0.4) is 0 Å². The number of carbonyl (C=O) groups excluding carboxylic acids is 1. The third-order valence-corrected chi connectivity index (χ3v) is 5.25. The summed E-state index contributed by atoms with van der Waals surface area (Å²) in [5.41, 5.74) is 1.98. The lowest BCUT2D eigenvalue weighted by Gasteiger charge is -2.32. The predicted octanol–water partition coefficient (Wildman–Crippen LogP) is 3.67. The van der Waals surface area contributed by atoms with Gasteiger partial charge in [-0.15, -0.1) is 0 Å². The van der Waals surface area contributed by atoms with E-state index in [1.807, 2.05) is 38.1 Å². The topological polar surface area (TPSA) is 85.8 Å². The molecule has 28 heavy (non-hydrogen) atoms. The van der Waals surface area contributed by atoms with E-state index in [1.54, 1.807) is 0 Å². The quantitative estimate of drug-likeness (QED) is 0.324. The summed E-state index contributed by atoms with van der Waals surface area (Å²) >= 11 is 0. The minimum Gasteiger partial charge on any atom is -0.396 e. The Kier molecular flexibility index (Phi) is 11.3. The van der Waals surface area contributed by atoms with E-state index in [9.17, 15) is 9.90 Å². The van der Waals surface area contributed by atoms with Gasteiger partial charge in [0.2, 0.25) is 5.91 Å². The van der Waals surface area contributed by atoms with Crippen molar-refractivity contribution < 1.29 is 9.90 Å². The van der Waals surface area contributed by atoms with Crippen LogP contribution in [-0.2, 0) is 11.3 Å². The first-order valence-corrected chi connectivity index (χ1v) is 10.5. The second-order valence-electron chi connectivity index (χ2n) is 7.22. The first-order chi connectivity index (χ1) is 13.5. The van der Waals surface area contributed by atoms with E-state index in [4.69, 9.17) is 0 Å². The van der Waals surface area contributed by atoms with Crippen LogP contribution in [0, 0.1) is 5.41 Å². The summed E-state index contributed by atoms with van der Waals surface area (Å²) in [5.74, 6) is 0.831. The number of aliphatic hydroxyl groups excluding tert-OH is 1. The van der Waals surface area contributed by atoms with Gasteiger partial charge in [0.15, 0.2) is 5.96 Å². The van der Waals surface area contributed by atoms with Gasteiger partial charge in [-0.25, -0.2) is 4.99 Å². The molecule has 1 aromatic rings. The highest BCUT2D eigenvalue weighted by molar-refractivity contribution is 5.90. The molecule has 0 aliphatic carbocycles. The van der Waals surface area contributed by atoms with Gasteiger partial charge in [-0.05, 0) is 55.7 Å². The SMILES string of the molecule is CCCC(=O)Nc1ccc(CN=C(NCC)NCC(CC)(CC)CCO)cc1. The fraction of sp³-hybridized carbons (Fsp3) is 0.636. The zero-order chi connectivity index (χ0) is 20.8. The maximum Gasteiger partial charge on any atom is 0.224 e. The molecule has 1 aromatic carbocycles. The van der Waals surface area contributed by atoms with Gasteiger partial charge in [-0.3, -0.25) is 4.79 Å². The summed E-state index contributed by atoms with van der Waals surface area (Å²) in [5, 5.41) is 19.0. The molecule has 0 atom stereocenters. The van der Waals surface area contributed by atoms with Crippen molar-refractivity contribution in [3.63, 3.8) is 0 Å². The van der Waals surface area contributed by atoms with Gasteiger partial charge in [-0.2, -0.15) is 0 Å². The molecule has 0 radical (unpaired) electrons. The third kappa shape index (κ3) is 8.30. The molecule has 6 heteroatoms. The van der Waals surface area contributed by atoms with Crippen molar-refractivity contribution in [2.75, 3.05) is 25.0 Å². The number of guanidine groups is 1. The Labute approximate surface area is 170 Å². The molecule has 0 fully saturated rings. The summed E-state index contributed by atoms with van der Waals surface area (Å²) < 4.78 is 0. The summed E-state index contributed by atoms with van der Waals surface area (Å²) in [7, 11) is 0. The van der Waals surface area contributed by atoms with Crippen molar-refractivity contribution in [2.45, 2.75) is 66.3 Å². The summed E-state index contributed by atoms with van der Waals surface area (Å²) in [6.45, 7) is 10.7. The standard InChI is InChI=1S/C22H38N4O2/c1-5-9-20(28)26-19-12-10-18(11-13-19)16-24-21(23-8-4)25-17-22(6-2,7-3)14-15-27/h10-13,27H,5-9,14-17H2,1-4H3,(H,26,28)(H2,23,24,25). The molecule has 1 rings (SSSR count). The zero-order valence-electron chi connectivity index (χ0n) is 18.0. The van der Waals surface area contributed by atoms with Crippen LogP contribution in [0.15, 0.2) is 29.3 Å². The molecule has 4 N–H and O–H groups in total. The van der Waals surface area contributed by atoms with Crippen LogP contribution in [0.1, 0.15) is 65.4 Å². The van der Waals surface area contributed by atoms with Crippen LogP contribution in [0.5, 0.6) is 0 Å². The minimum absolute atomic E-state index is 0.0464. The zero-order valence-corrected chi connectivity index (χ0v) is 18.0. The van der Waals surface area contributed by atoms with Crippen LogP contribution in [0.25, 0.3) is 0 Å². The first kappa shape index (κ1) is 24.0. The van der Waals surface area contributed by atoms with Crippen LogP contribution >= 0.6 is 0 Å². The molecule has 0 bridgehead atoms. The summed E-state index contributed by atoms with van der Waals surface area (Å²) in [6.07, 6.45) is 4.20. The van der Waals surface area contributed by atoms with Gasteiger partial charge in [0.25, 0.3) is 0 Å². The van der Waals surface area contributed by atoms with E-state index in [-0.39, 0.29) is 17.9 Å². The first-order valence-electron chi connectivity index (χ1n) is 10.5. The number of aliphatic hydroxyl groups is 1. The molecule has 6 nitrogen and oxygen atoms in total. The van der Waals surface area contributed by atoms with E-state index >= 15 is 0 Å². The Morgan fingerprint density at radius 1 is 1.07 bits per heavy atom. The molecular formula is C22H38N4O2. The fourth-order valence-electron chi connectivity index (χ4n) is 3.11.